The molecule has 0 saturated carbocycles. The van der Waals surface area contributed by atoms with Crippen LogP contribution in [-0.2, 0) is 5.41 Å². The first-order chi connectivity index (χ1) is 10.8. The van der Waals surface area contributed by atoms with Crippen LogP contribution in [0.25, 0.3) is 11.1 Å². The predicted octanol–water partition coefficient (Wildman–Crippen LogP) is 6.05. The van der Waals surface area contributed by atoms with Gasteiger partial charge in [0, 0.05) is 9.84 Å². The van der Waals surface area contributed by atoms with Crippen LogP contribution in [0.2, 0.25) is 0 Å². The third kappa shape index (κ3) is 1.81. The van der Waals surface area contributed by atoms with Crippen LogP contribution >= 0.6 is 22.6 Å². The van der Waals surface area contributed by atoms with Gasteiger partial charge >= 0.3 is 0 Å². The molecule has 2 aromatic rings. The Kier molecular flexibility index (Phi) is 3.48. The van der Waals surface area contributed by atoms with E-state index in [-0.39, 0.29) is 5.41 Å². The molecule has 0 N–H and O–H groups in total. The molecule has 0 atom stereocenters. The van der Waals surface area contributed by atoms with Gasteiger partial charge in [-0.25, -0.2) is 0 Å². The fourth-order valence-corrected chi connectivity index (χ4v) is 4.62. The van der Waals surface area contributed by atoms with Gasteiger partial charge in [-0.15, -0.1) is 0 Å². The summed E-state index contributed by atoms with van der Waals surface area (Å²) in [7, 11) is 0. The Balaban J connectivity index is 2.00. The summed E-state index contributed by atoms with van der Waals surface area (Å²) in [5, 5.41) is 0. The summed E-state index contributed by atoms with van der Waals surface area (Å²) in [5.41, 5.74) is 9.05. The lowest BCUT2D eigenvalue weighted by molar-refractivity contribution is 0.609. The molecule has 2 aliphatic rings. The maximum atomic E-state index is 2.41. The molecule has 0 aromatic heterocycles. The Hall–Kier alpha value is -1.35. The first-order valence-electron chi connectivity index (χ1n) is 7.91. The summed E-state index contributed by atoms with van der Waals surface area (Å²) in [6.45, 7) is 2.35. The quantitative estimate of drug-likeness (QED) is 0.427. The normalized spacial score (nSPS) is 18.3. The standard InChI is InChI=1S/C21H19I/c1-15-16(7-6-14-22)12-13-21(15)19-10-4-2-8-17(19)18-9-3-5-11-20(18)21/h2-11H,12-14H2,1H3/b7-6-. The Morgan fingerprint density at radius 2 is 1.59 bits per heavy atom. The summed E-state index contributed by atoms with van der Waals surface area (Å²) in [5.74, 6) is 0. The topological polar surface area (TPSA) is 0 Å². The van der Waals surface area contributed by atoms with E-state index < -0.39 is 0 Å². The summed E-state index contributed by atoms with van der Waals surface area (Å²) in [4.78, 5) is 0. The van der Waals surface area contributed by atoms with Crippen molar-refractivity contribution in [3.63, 3.8) is 0 Å². The second-order valence-electron chi connectivity index (χ2n) is 6.20. The number of benzene rings is 2. The molecule has 0 nitrogen and oxygen atoms in total. The van der Waals surface area contributed by atoms with E-state index in [0.717, 1.165) is 4.43 Å². The Morgan fingerprint density at radius 3 is 2.18 bits per heavy atom. The van der Waals surface area contributed by atoms with Gasteiger partial charge in [0.2, 0.25) is 0 Å². The molecule has 0 bridgehead atoms. The van der Waals surface area contributed by atoms with Crippen LogP contribution in [0.5, 0.6) is 0 Å². The van der Waals surface area contributed by atoms with Gasteiger partial charge in [-0.3, -0.25) is 0 Å². The third-order valence-electron chi connectivity index (χ3n) is 5.36. The van der Waals surface area contributed by atoms with Crippen molar-refractivity contribution in [2.45, 2.75) is 25.2 Å². The first-order valence-corrected chi connectivity index (χ1v) is 9.43. The first kappa shape index (κ1) is 14.3. The zero-order valence-electron chi connectivity index (χ0n) is 12.8. The number of alkyl halides is 1. The van der Waals surface area contributed by atoms with Crippen LogP contribution < -0.4 is 0 Å². The lowest BCUT2D eigenvalue weighted by atomic mass is 9.73. The van der Waals surface area contributed by atoms with E-state index in [1.165, 1.54) is 40.7 Å². The van der Waals surface area contributed by atoms with Gasteiger partial charge in [-0.1, -0.05) is 88.8 Å². The number of hydrogen-bond acceptors (Lipinski definition) is 0. The molecule has 0 saturated heterocycles. The molecule has 22 heavy (non-hydrogen) atoms. The van der Waals surface area contributed by atoms with E-state index in [0.29, 0.717) is 0 Å². The molecule has 0 amide bonds. The molecule has 0 heterocycles. The highest BCUT2D eigenvalue weighted by atomic mass is 127. The van der Waals surface area contributed by atoms with Crippen molar-refractivity contribution in [3.8, 4) is 11.1 Å². The minimum Gasteiger partial charge on any atom is -0.0818 e. The summed E-state index contributed by atoms with van der Waals surface area (Å²) in [6, 6.07) is 18.0. The summed E-state index contributed by atoms with van der Waals surface area (Å²) < 4.78 is 1.08. The predicted molar refractivity (Wildman–Crippen MR) is 103 cm³/mol. The van der Waals surface area contributed by atoms with Crippen molar-refractivity contribution < 1.29 is 0 Å². The molecule has 1 spiro atoms. The third-order valence-corrected chi connectivity index (χ3v) is 5.87. The molecular weight excluding hydrogens is 379 g/mol. The minimum atomic E-state index is 0.109. The molecule has 4 rings (SSSR count). The maximum Gasteiger partial charge on any atom is 0.0429 e. The van der Waals surface area contributed by atoms with E-state index in [1.807, 2.05) is 0 Å². The number of hydrogen-bond donors (Lipinski definition) is 0. The zero-order valence-corrected chi connectivity index (χ0v) is 14.9. The summed E-state index contributed by atoms with van der Waals surface area (Å²) in [6.07, 6.45) is 7.01. The van der Waals surface area contributed by atoms with Crippen molar-refractivity contribution in [2.24, 2.45) is 0 Å². The van der Waals surface area contributed by atoms with E-state index in [9.17, 15) is 0 Å². The number of allylic oxidation sites excluding steroid dienone is 4. The van der Waals surface area contributed by atoms with Gasteiger partial charge in [0.15, 0.2) is 0 Å². The molecular formula is C21H19I. The van der Waals surface area contributed by atoms with Crippen LogP contribution in [-0.4, -0.2) is 4.43 Å². The van der Waals surface area contributed by atoms with Crippen molar-refractivity contribution in [2.75, 3.05) is 4.43 Å². The van der Waals surface area contributed by atoms with E-state index in [4.69, 9.17) is 0 Å². The van der Waals surface area contributed by atoms with Crippen molar-refractivity contribution in [1.82, 2.24) is 0 Å². The van der Waals surface area contributed by atoms with Crippen molar-refractivity contribution >= 4 is 22.6 Å². The molecule has 0 unspecified atom stereocenters. The van der Waals surface area contributed by atoms with Crippen molar-refractivity contribution in [1.29, 1.82) is 0 Å². The van der Waals surface area contributed by atoms with Gasteiger partial charge in [-0.2, -0.15) is 0 Å². The van der Waals surface area contributed by atoms with Crippen LogP contribution in [0.4, 0.5) is 0 Å². The Morgan fingerprint density at radius 1 is 1.00 bits per heavy atom. The smallest absolute Gasteiger partial charge is 0.0429 e. The van der Waals surface area contributed by atoms with E-state index >= 15 is 0 Å². The number of rotatable bonds is 2. The van der Waals surface area contributed by atoms with Crippen molar-refractivity contribution in [3.05, 3.63) is 83.0 Å². The Labute approximate surface area is 146 Å². The SMILES string of the molecule is CC1=C(/C=C\CI)CCC12c1ccccc1-c1ccccc12. The second-order valence-corrected chi connectivity index (χ2v) is 7.08. The second kappa shape index (κ2) is 5.38. The van der Waals surface area contributed by atoms with E-state index in [1.54, 1.807) is 5.57 Å². The zero-order chi connectivity index (χ0) is 15.2. The fourth-order valence-electron chi connectivity index (χ4n) is 4.37. The largest absolute Gasteiger partial charge is 0.0818 e. The molecule has 110 valence electrons. The lowest BCUT2D eigenvalue weighted by Crippen LogP contribution is -2.23. The number of halogens is 1. The van der Waals surface area contributed by atoms with Gasteiger partial charge < -0.3 is 0 Å². The van der Waals surface area contributed by atoms with Crippen LogP contribution in [0.1, 0.15) is 30.9 Å². The van der Waals surface area contributed by atoms with Gasteiger partial charge in [0.05, 0.1) is 0 Å². The molecule has 2 aliphatic carbocycles. The van der Waals surface area contributed by atoms with E-state index in [2.05, 4.69) is 90.2 Å². The maximum absolute atomic E-state index is 2.41. The highest BCUT2D eigenvalue weighted by Gasteiger charge is 2.47. The fraction of sp³-hybridized carbons (Fsp3) is 0.238. The van der Waals surface area contributed by atoms with Crippen LogP contribution in [0.3, 0.4) is 0 Å². The molecule has 0 aliphatic heterocycles. The average molecular weight is 398 g/mol. The molecule has 2 aromatic carbocycles. The molecule has 0 fully saturated rings. The Bertz CT molecular complexity index is 750. The van der Waals surface area contributed by atoms with Crippen LogP contribution in [0.15, 0.2) is 71.8 Å². The highest BCUT2D eigenvalue weighted by Crippen LogP contribution is 2.58. The minimum absolute atomic E-state index is 0.109. The monoisotopic (exact) mass is 398 g/mol. The highest BCUT2D eigenvalue weighted by molar-refractivity contribution is 14.1. The number of fused-ring (bicyclic) bond motifs is 5. The van der Waals surface area contributed by atoms with Gasteiger partial charge in [0.1, 0.15) is 0 Å². The molecule has 1 heteroatoms. The molecule has 0 radical (unpaired) electrons. The van der Waals surface area contributed by atoms with Gasteiger partial charge in [-0.05, 0) is 47.6 Å². The van der Waals surface area contributed by atoms with Crippen LogP contribution in [0, 0.1) is 0 Å². The summed E-state index contributed by atoms with van der Waals surface area (Å²) >= 11 is 2.41. The average Bonchev–Trinajstić information content (AvgIpc) is 3.05. The lowest BCUT2D eigenvalue weighted by Gasteiger charge is -2.29. The van der Waals surface area contributed by atoms with Gasteiger partial charge in [0.25, 0.3) is 0 Å².